The molecule has 1 aromatic carbocycles. The fourth-order valence-corrected chi connectivity index (χ4v) is 2.92. The molecule has 0 saturated carbocycles. The van der Waals surface area contributed by atoms with Gasteiger partial charge in [-0.2, -0.15) is 10.2 Å². The highest BCUT2D eigenvalue weighted by molar-refractivity contribution is 6.42. The van der Waals surface area contributed by atoms with Crippen LogP contribution in [0, 0.1) is 6.92 Å². The molecule has 0 spiro atoms. The molecule has 0 fully saturated rings. The molecule has 2 aromatic heterocycles. The van der Waals surface area contributed by atoms with Crippen LogP contribution >= 0.6 is 23.2 Å². The molecule has 9 heteroatoms. The summed E-state index contributed by atoms with van der Waals surface area (Å²) in [4.78, 5) is 12.4. The van der Waals surface area contributed by atoms with Gasteiger partial charge >= 0.3 is 0 Å². The molecule has 0 aliphatic rings. The Morgan fingerprint density at radius 3 is 2.81 bits per heavy atom. The highest BCUT2D eigenvalue weighted by Gasteiger charge is 2.17. The molecular weight excluding hydrogens is 389 g/mol. The molecule has 0 aliphatic heterocycles. The van der Waals surface area contributed by atoms with Crippen LogP contribution in [0.1, 0.15) is 34.7 Å². The Hall–Kier alpha value is -2.51. The summed E-state index contributed by atoms with van der Waals surface area (Å²) in [5.41, 5.74) is 2.26. The molecule has 0 bridgehead atoms. The summed E-state index contributed by atoms with van der Waals surface area (Å²) in [7, 11) is 1.86. The summed E-state index contributed by atoms with van der Waals surface area (Å²) in [5.74, 6) is 0.177. The molecule has 3 rings (SSSR count). The number of carbonyl (C=O) groups excluding carboxylic acids is 1. The zero-order valence-electron chi connectivity index (χ0n) is 15.1. The SMILES string of the molecule is Cc1c(C(C)NC(=O)c2ccn(COc3cccc(Cl)c3Cl)n2)cnn1C. The molecule has 0 saturated heterocycles. The number of benzene rings is 1. The Bertz CT molecular complexity index is 967. The van der Waals surface area contributed by atoms with Gasteiger partial charge in [-0.05, 0) is 32.0 Å². The first-order valence-electron chi connectivity index (χ1n) is 8.26. The Morgan fingerprint density at radius 1 is 1.33 bits per heavy atom. The lowest BCUT2D eigenvalue weighted by molar-refractivity contribution is 0.0932. The Labute approximate surface area is 166 Å². The van der Waals surface area contributed by atoms with Crippen LogP contribution in [0.5, 0.6) is 5.75 Å². The zero-order chi connectivity index (χ0) is 19.6. The highest BCUT2D eigenvalue weighted by Crippen LogP contribution is 2.31. The molecule has 1 atom stereocenters. The summed E-state index contributed by atoms with van der Waals surface area (Å²) in [5, 5.41) is 12.1. The van der Waals surface area contributed by atoms with Gasteiger partial charge in [-0.25, -0.2) is 4.68 Å². The molecule has 1 unspecified atom stereocenters. The van der Waals surface area contributed by atoms with Crippen LogP contribution in [-0.2, 0) is 13.8 Å². The standard InChI is InChI=1S/C18H19Cl2N5O2/c1-11(13-9-21-24(3)12(13)2)22-18(26)15-7-8-25(23-15)10-27-16-6-4-5-14(19)17(16)20/h4-9,11H,10H2,1-3H3,(H,22,26). The molecule has 0 radical (unpaired) electrons. The maximum absolute atomic E-state index is 12.4. The van der Waals surface area contributed by atoms with Gasteiger partial charge in [0, 0.05) is 24.5 Å². The van der Waals surface area contributed by atoms with E-state index >= 15 is 0 Å². The van der Waals surface area contributed by atoms with Gasteiger partial charge in [-0.3, -0.25) is 9.48 Å². The van der Waals surface area contributed by atoms with Crippen molar-refractivity contribution in [1.82, 2.24) is 24.9 Å². The van der Waals surface area contributed by atoms with E-state index in [1.165, 1.54) is 4.68 Å². The van der Waals surface area contributed by atoms with Crippen molar-refractivity contribution in [3.05, 3.63) is 63.7 Å². The normalized spacial score (nSPS) is 12.0. The zero-order valence-corrected chi connectivity index (χ0v) is 16.6. The van der Waals surface area contributed by atoms with Crippen molar-refractivity contribution >= 4 is 29.1 Å². The molecule has 27 heavy (non-hydrogen) atoms. The van der Waals surface area contributed by atoms with E-state index in [2.05, 4.69) is 15.5 Å². The smallest absolute Gasteiger partial charge is 0.272 e. The van der Waals surface area contributed by atoms with E-state index in [0.717, 1.165) is 11.3 Å². The maximum Gasteiger partial charge on any atom is 0.272 e. The minimum absolute atomic E-state index is 0.102. The predicted molar refractivity (Wildman–Crippen MR) is 103 cm³/mol. The number of ether oxygens (including phenoxy) is 1. The lowest BCUT2D eigenvalue weighted by Gasteiger charge is -2.12. The van der Waals surface area contributed by atoms with Gasteiger partial charge in [-0.15, -0.1) is 0 Å². The van der Waals surface area contributed by atoms with Gasteiger partial charge < -0.3 is 10.1 Å². The third-order valence-corrected chi connectivity index (χ3v) is 5.03. The van der Waals surface area contributed by atoms with Gasteiger partial charge in [0.05, 0.1) is 17.3 Å². The van der Waals surface area contributed by atoms with Crippen LogP contribution in [0.25, 0.3) is 0 Å². The van der Waals surface area contributed by atoms with Crippen LogP contribution in [0.3, 0.4) is 0 Å². The second-order valence-corrected chi connectivity index (χ2v) is 6.86. The number of aromatic nitrogens is 4. The van der Waals surface area contributed by atoms with E-state index in [4.69, 9.17) is 27.9 Å². The average molecular weight is 408 g/mol. The van der Waals surface area contributed by atoms with Crippen molar-refractivity contribution < 1.29 is 9.53 Å². The number of halogens is 2. The van der Waals surface area contributed by atoms with E-state index in [9.17, 15) is 4.79 Å². The van der Waals surface area contributed by atoms with Gasteiger partial charge in [0.25, 0.3) is 5.91 Å². The van der Waals surface area contributed by atoms with Crippen LogP contribution < -0.4 is 10.1 Å². The van der Waals surface area contributed by atoms with Crippen LogP contribution in [0.4, 0.5) is 0 Å². The number of nitrogens with zero attached hydrogens (tertiary/aromatic N) is 4. The van der Waals surface area contributed by atoms with E-state index in [1.807, 2.05) is 20.9 Å². The van der Waals surface area contributed by atoms with Crippen molar-refractivity contribution in [3.63, 3.8) is 0 Å². The lowest BCUT2D eigenvalue weighted by atomic mass is 10.1. The minimum Gasteiger partial charge on any atom is -0.470 e. The minimum atomic E-state index is -0.273. The van der Waals surface area contributed by atoms with Crippen molar-refractivity contribution in [2.24, 2.45) is 7.05 Å². The number of rotatable bonds is 6. The van der Waals surface area contributed by atoms with Crippen molar-refractivity contribution in [1.29, 1.82) is 0 Å². The van der Waals surface area contributed by atoms with Crippen molar-refractivity contribution in [2.75, 3.05) is 0 Å². The Kier molecular flexibility index (Phi) is 5.72. The summed E-state index contributed by atoms with van der Waals surface area (Å²) in [6, 6.07) is 6.58. The van der Waals surface area contributed by atoms with E-state index in [1.54, 1.807) is 41.3 Å². The van der Waals surface area contributed by atoms with Gasteiger partial charge in [0.2, 0.25) is 0 Å². The number of nitrogens with one attached hydrogen (secondary N) is 1. The average Bonchev–Trinajstić information content (AvgIpc) is 3.24. The fourth-order valence-electron chi connectivity index (χ4n) is 2.57. The molecule has 142 valence electrons. The predicted octanol–water partition coefficient (Wildman–Crippen LogP) is 3.76. The molecule has 3 aromatic rings. The largest absolute Gasteiger partial charge is 0.470 e. The Morgan fingerprint density at radius 2 is 2.11 bits per heavy atom. The van der Waals surface area contributed by atoms with E-state index < -0.39 is 0 Å². The maximum atomic E-state index is 12.4. The van der Waals surface area contributed by atoms with E-state index in [-0.39, 0.29) is 18.7 Å². The monoisotopic (exact) mass is 407 g/mol. The van der Waals surface area contributed by atoms with Gasteiger partial charge in [0.1, 0.15) is 16.5 Å². The molecule has 1 amide bonds. The number of amides is 1. The first-order valence-corrected chi connectivity index (χ1v) is 9.02. The molecule has 2 heterocycles. The number of carbonyl (C=O) groups is 1. The second-order valence-electron chi connectivity index (χ2n) is 6.07. The summed E-state index contributed by atoms with van der Waals surface area (Å²) in [6.07, 6.45) is 3.41. The van der Waals surface area contributed by atoms with Crippen LogP contribution in [-0.4, -0.2) is 25.5 Å². The number of hydrogen-bond acceptors (Lipinski definition) is 4. The third kappa shape index (κ3) is 4.26. The fraction of sp³-hybridized carbons (Fsp3) is 0.278. The summed E-state index contributed by atoms with van der Waals surface area (Å²) in [6.45, 7) is 3.96. The molecule has 0 aliphatic carbocycles. The van der Waals surface area contributed by atoms with Gasteiger partial charge in [0.15, 0.2) is 6.73 Å². The van der Waals surface area contributed by atoms with Crippen molar-refractivity contribution in [2.45, 2.75) is 26.6 Å². The highest BCUT2D eigenvalue weighted by atomic mass is 35.5. The molecular formula is C18H19Cl2N5O2. The molecule has 1 N–H and O–H groups in total. The summed E-state index contributed by atoms with van der Waals surface area (Å²) >= 11 is 12.0. The quantitative estimate of drug-likeness (QED) is 0.674. The lowest BCUT2D eigenvalue weighted by Crippen LogP contribution is -2.27. The van der Waals surface area contributed by atoms with Crippen molar-refractivity contribution in [3.8, 4) is 5.75 Å². The first-order chi connectivity index (χ1) is 12.9. The number of aryl methyl sites for hydroxylation is 1. The van der Waals surface area contributed by atoms with E-state index in [0.29, 0.717) is 21.5 Å². The number of hydrogen-bond donors (Lipinski definition) is 1. The topological polar surface area (TPSA) is 74.0 Å². The second kappa shape index (κ2) is 8.02. The molecule has 7 nitrogen and oxygen atoms in total. The van der Waals surface area contributed by atoms with Crippen LogP contribution in [0.2, 0.25) is 10.0 Å². The van der Waals surface area contributed by atoms with Gasteiger partial charge in [-0.1, -0.05) is 29.3 Å². The van der Waals surface area contributed by atoms with Crippen LogP contribution in [0.15, 0.2) is 36.7 Å². The summed E-state index contributed by atoms with van der Waals surface area (Å²) < 4.78 is 8.88. The Balaban J connectivity index is 1.62. The third-order valence-electron chi connectivity index (χ3n) is 4.23. The first kappa shape index (κ1) is 19.3.